The molecule has 1 N–H and O–H groups in total. The number of ketones is 1. The van der Waals surface area contributed by atoms with Crippen molar-refractivity contribution in [3.05, 3.63) is 82.6 Å². The number of ether oxygens (including phenoxy) is 2. The lowest BCUT2D eigenvalue weighted by Gasteiger charge is -2.18. The largest absolute Gasteiger partial charge is 0.431 e. The smallest absolute Gasteiger partial charge is 0.286 e. The highest BCUT2D eigenvalue weighted by molar-refractivity contribution is 6.03. The van der Waals surface area contributed by atoms with Crippen molar-refractivity contribution in [2.24, 2.45) is 10.9 Å². The lowest BCUT2D eigenvalue weighted by atomic mass is 9.90. The average molecular weight is 666 g/mol. The Kier molecular flexibility index (Phi) is 34.1. The number of amidine groups is 1. The fourth-order valence-corrected chi connectivity index (χ4v) is 4.82. The Bertz CT molecular complexity index is 1140. The molecule has 0 spiro atoms. The van der Waals surface area contributed by atoms with E-state index in [1.807, 2.05) is 52.8 Å². The summed E-state index contributed by atoms with van der Waals surface area (Å²) in [6, 6.07) is 15.0. The zero-order chi connectivity index (χ0) is 37.3. The second kappa shape index (κ2) is 33.5. The molecule has 272 valence electrons. The van der Waals surface area contributed by atoms with Gasteiger partial charge in [-0.1, -0.05) is 131 Å². The van der Waals surface area contributed by atoms with Gasteiger partial charge in [0, 0.05) is 36.4 Å². The van der Waals surface area contributed by atoms with Crippen LogP contribution < -0.4 is 5.32 Å². The zero-order valence-electron chi connectivity index (χ0n) is 33.1. The fraction of sp³-hybridized carbons (Fsp3) is 0.595. The number of Topliss-reactive ketones (excluding diaryl/α,β-unsaturated/α-hetero) is 1. The summed E-state index contributed by atoms with van der Waals surface area (Å²) >= 11 is 0. The first-order chi connectivity index (χ1) is 23.2. The second-order valence-corrected chi connectivity index (χ2v) is 11.1. The van der Waals surface area contributed by atoms with E-state index in [-0.39, 0.29) is 5.78 Å². The summed E-state index contributed by atoms with van der Waals surface area (Å²) < 4.78 is 9.24. The van der Waals surface area contributed by atoms with Crippen LogP contribution in [0.15, 0.2) is 59.7 Å². The van der Waals surface area contributed by atoms with Crippen molar-refractivity contribution in [2.75, 3.05) is 27.4 Å². The maximum atomic E-state index is 11.6. The van der Waals surface area contributed by atoms with Crippen molar-refractivity contribution >= 4 is 11.6 Å². The predicted octanol–water partition coefficient (Wildman–Crippen LogP) is 11.6. The van der Waals surface area contributed by atoms with E-state index in [1.54, 1.807) is 19.5 Å². The highest BCUT2D eigenvalue weighted by Crippen LogP contribution is 2.26. The third-order valence-electron chi connectivity index (χ3n) is 7.18. The third-order valence-corrected chi connectivity index (χ3v) is 7.18. The molecule has 1 fully saturated rings. The van der Waals surface area contributed by atoms with Crippen LogP contribution in [0.2, 0.25) is 0 Å². The quantitative estimate of drug-likeness (QED) is 0.112. The monoisotopic (exact) mass is 666 g/mol. The Labute approximate surface area is 296 Å². The number of nitriles is 1. The number of rotatable bonds is 11. The van der Waals surface area contributed by atoms with E-state index < -0.39 is 0 Å². The number of aryl methyl sites for hydroxylation is 2. The van der Waals surface area contributed by atoms with Gasteiger partial charge in [-0.2, -0.15) is 5.26 Å². The Morgan fingerprint density at radius 1 is 1.02 bits per heavy atom. The molecule has 1 aliphatic rings. The number of hydrogen-bond acceptors (Lipinski definition) is 5. The Morgan fingerprint density at radius 2 is 1.56 bits per heavy atom. The molecule has 48 heavy (non-hydrogen) atoms. The summed E-state index contributed by atoms with van der Waals surface area (Å²) in [6.07, 6.45) is 11.4. The van der Waals surface area contributed by atoms with Crippen molar-refractivity contribution in [3.8, 4) is 6.26 Å². The molecule has 3 rings (SSSR count). The van der Waals surface area contributed by atoms with Crippen LogP contribution in [0.3, 0.4) is 0 Å². The molecule has 2 aromatic carbocycles. The van der Waals surface area contributed by atoms with Crippen LogP contribution in [-0.4, -0.2) is 39.0 Å². The molecule has 0 bridgehead atoms. The minimum Gasteiger partial charge on any atom is -0.431 e. The van der Waals surface area contributed by atoms with Crippen LogP contribution in [-0.2, 0) is 15.9 Å². The second-order valence-electron chi connectivity index (χ2n) is 11.1. The topological polar surface area (TPSA) is 83.7 Å². The summed E-state index contributed by atoms with van der Waals surface area (Å²) in [4.78, 5) is 15.9. The number of nitrogens with one attached hydrogen (secondary N) is 1. The number of carbonyl (C=O) groups excluding carboxylic acids is 1. The number of hydrogen-bond donors (Lipinski definition) is 1. The number of benzene rings is 2. The number of nitrogens with zero attached hydrogens (tertiary/aromatic N) is 2. The third kappa shape index (κ3) is 21.4. The maximum absolute atomic E-state index is 11.6. The van der Waals surface area contributed by atoms with Gasteiger partial charge in [-0.15, -0.1) is 0 Å². The van der Waals surface area contributed by atoms with Crippen LogP contribution in [0.25, 0.3) is 0 Å². The normalized spacial score (nSPS) is 12.8. The molecule has 1 heterocycles. The molecule has 1 saturated heterocycles. The van der Waals surface area contributed by atoms with Gasteiger partial charge >= 0.3 is 0 Å². The van der Waals surface area contributed by atoms with E-state index in [0.717, 1.165) is 41.6 Å². The van der Waals surface area contributed by atoms with E-state index in [4.69, 9.17) is 10.00 Å². The van der Waals surface area contributed by atoms with Crippen molar-refractivity contribution in [3.63, 3.8) is 0 Å². The van der Waals surface area contributed by atoms with Crippen molar-refractivity contribution < 1.29 is 14.3 Å². The van der Waals surface area contributed by atoms with Gasteiger partial charge in [0.25, 0.3) is 6.26 Å². The lowest BCUT2D eigenvalue weighted by molar-refractivity contribution is 0.101. The minimum atomic E-state index is 0.0507. The van der Waals surface area contributed by atoms with Gasteiger partial charge in [-0.05, 0) is 68.2 Å². The molecule has 1 atom stereocenters. The van der Waals surface area contributed by atoms with Crippen LogP contribution in [0.5, 0.6) is 0 Å². The van der Waals surface area contributed by atoms with Crippen molar-refractivity contribution in [1.29, 1.82) is 5.26 Å². The SMILES string of the molecule is C=C(NC(=NC)c1cc(C(C)=O)ccc1C)C1CCOC1.CC.CC.CCC.CCCc1ccc(C(CCC)CCC)cc1.COC#N. The first-order valence-corrected chi connectivity index (χ1v) is 18.3. The van der Waals surface area contributed by atoms with E-state index >= 15 is 0 Å². The molecule has 6 nitrogen and oxygen atoms in total. The van der Waals surface area contributed by atoms with E-state index in [2.05, 4.69) is 80.5 Å². The Balaban J connectivity index is -0.000000662. The van der Waals surface area contributed by atoms with Crippen molar-refractivity contribution in [2.45, 2.75) is 133 Å². The average Bonchev–Trinajstić information content (AvgIpc) is 3.66. The Morgan fingerprint density at radius 3 is 1.96 bits per heavy atom. The van der Waals surface area contributed by atoms with Gasteiger partial charge in [0.15, 0.2) is 5.78 Å². The standard InChI is InChI=1S/C17H22N2O2.C16H26.C3H8.C2H3NO.2C2H6/c1-11-5-6-14(13(3)20)9-16(11)17(18-4)19-12(2)15-7-8-21-10-15;1-4-7-14-10-12-16(13-11-14)15(8-5-2)9-6-3;1-3-2;1-4-2-3;2*1-2/h5-6,9,15H,2,7-8,10H2,1,3-4H3,(H,18,19);10-13,15H,4-9H2,1-3H3;3H2,1-2H3;1H3;2*1-2H3. The molecule has 0 aliphatic carbocycles. The van der Waals surface area contributed by atoms with E-state index in [1.165, 1.54) is 63.9 Å². The van der Waals surface area contributed by atoms with Crippen LogP contribution in [0.4, 0.5) is 0 Å². The molecule has 1 unspecified atom stereocenters. The van der Waals surface area contributed by atoms with Crippen LogP contribution in [0, 0.1) is 24.4 Å². The molecular formula is C42H71N3O3. The highest BCUT2D eigenvalue weighted by atomic mass is 16.5. The van der Waals surface area contributed by atoms with Gasteiger partial charge in [-0.25, -0.2) is 0 Å². The maximum Gasteiger partial charge on any atom is 0.286 e. The highest BCUT2D eigenvalue weighted by Gasteiger charge is 2.20. The number of carbonyl (C=O) groups is 1. The Hall–Kier alpha value is -3.43. The lowest BCUT2D eigenvalue weighted by Crippen LogP contribution is -2.28. The fourth-order valence-electron chi connectivity index (χ4n) is 4.82. The van der Waals surface area contributed by atoms with Gasteiger partial charge < -0.3 is 14.8 Å². The van der Waals surface area contributed by atoms with Gasteiger partial charge in [-0.3, -0.25) is 9.79 Å². The number of aliphatic imine (C=N–C) groups is 1. The first-order valence-electron chi connectivity index (χ1n) is 18.3. The molecule has 0 saturated carbocycles. The molecule has 0 aromatic heterocycles. The van der Waals surface area contributed by atoms with Crippen molar-refractivity contribution in [1.82, 2.24) is 5.32 Å². The summed E-state index contributed by atoms with van der Waals surface area (Å²) in [5.74, 6) is 1.89. The van der Waals surface area contributed by atoms with Gasteiger partial charge in [0.05, 0.1) is 13.7 Å². The molecule has 0 amide bonds. The first kappa shape index (κ1) is 49.0. The summed E-state index contributed by atoms with van der Waals surface area (Å²) in [6.45, 7) is 28.2. The minimum absolute atomic E-state index is 0.0507. The predicted molar refractivity (Wildman–Crippen MR) is 209 cm³/mol. The van der Waals surface area contributed by atoms with Crippen LogP contribution in [0.1, 0.15) is 153 Å². The van der Waals surface area contributed by atoms with E-state index in [0.29, 0.717) is 18.1 Å². The van der Waals surface area contributed by atoms with E-state index in [9.17, 15) is 4.79 Å². The molecule has 1 aliphatic heterocycles. The number of methoxy groups -OCH3 is 1. The van der Waals surface area contributed by atoms with Crippen LogP contribution >= 0.6 is 0 Å². The summed E-state index contributed by atoms with van der Waals surface area (Å²) in [5, 5.41) is 10.7. The zero-order valence-corrected chi connectivity index (χ0v) is 33.1. The molecule has 2 aromatic rings. The summed E-state index contributed by atoms with van der Waals surface area (Å²) in [5.41, 5.74) is 6.64. The van der Waals surface area contributed by atoms with Gasteiger partial charge in [0.1, 0.15) is 5.84 Å². The summed E-state index contributed by atoms with van der Waals surface area (Å²) in [7, 11) is 3.06. The molecule has 0 radical (unpaired) electrons. The molecular weight excluding hydrogens is 594 g/mol. The van der Waals surface area contributed by atoms with Gasteiger partial charge in [0.2, 0.25) is 0 Å². The molecule has 6 heteroatoms.